The monoisotopic (exact) mass is 292 g/mol. The van der Waals surface area contributed by atoms with Crippen molar-refractivity contribution in [2.24, 2.45) is 0 Å². The van der Waals surface area contributed by atoms with Crippen molar-refractivity contribution >= 4 is 11.4 Å². The lowest BCUT2D eigenvalue weighted by Crippen LogP contribution is -2.37. The minimum absolute atomic E-state index is 0.0339. The summed E-state index contributed by atoms with van der Waals surface area (Å²) < 4.78 is 46.7. The first-order valence-electron chi connectivity index (χ1n) is 5.97. The third kappa shape index (κ3) is 3.45. The number of benzene rings is 1. The molecule has 20 heavy (non-hydrogen) atoms. The number of ether oxygens (including phenoxy) is 2. The normalized spacial score (nSPS) is 22.2. The fourth-order valence-corrected chi connectivity index (χ4v) is 1.90. The number of aliphatic hydroxyl groups is 1. The van der Waals surface area contributed by atoms with Crippen molar-refractivity contribution in [2.75, 3.05) is 30.8 Å². The molecular weight excluding hydrogens is 277 g/mol. The number of nitrogen functional groups attached to an aromatic ring is 1. The van der Waals surface area contributed by atoms with Crippen LogP contribution in [-0.2, 0) is 4.74 Å². The van der Waals surface area contributed by atoms with E-state index in [1.165, 1.54) is 0 Å². The summed E-state index contributed by atoms with van der Waals surface area (Å²) >= 11 is 0. The Morgan fingerprint density at radius 2 is 2.25 bits per heavy atom. The van der Waals surface area contributed by atoms with E-state index >= 15 is 0 Å². The number of hydrogen-bond donors (Lipinski definition) is 3. The van der Waals surface area contributed by atoms with E-state index in [-0.39, 0.29) is 24.5 Å². The Bertz CT molecular complexity index is 479. The van der Waals surface area contributed by atoms with Crippen LogP contribution in [0.1, 0.15) is 6.42 Å². The van der Waals surface area contributed by atoms with Crippen LogP contribution in [0, 0.1) is 5.82 Å². The molecule has 1 saturated heterocycles. The molecule has 112 valence electrons. The molecule has 4 N–H and O–H groups in total. The van der Waals surface area contributed by atoms with Crippen LogP contribution >= 0.6 is 0 Å². The van der Waals surface area contributed by atoms with Crippen molar-refractivity contribution < 1.29 is 27.8 Å². The van der Waals surface area contributed by atoms with E-state index in [4.69, 9.17) is 10.5 Å². The van der Waals surface area contributed by atoms with Crippen LogP contribution in [0.5, 0.6) is 5.75 Å². The van der Waals surface area contributed by atoms with E-state index < -0.39 is 23.8 Å². The predicted octanol–water partition coefficient (Wildman–Crippen LogP) is 1.57. The standard InChI is InChI=1S/C12H15F3N2O3/c13-7-3-8(16)9(4-10(7)20-11(14)15)17-5-12(18)1-2-19-6-12/h3-4,11,17-18H,1-2,5-6,16H2. The van der Waals surface area contributed by atoms with Gasteiger partial charge in [0, 0.05) is 31.7 Å². The van der Waals surface area contributed by atoms with Crippen LogP contribution in [-0.4, -0.2) is 37.1 Å². The molecule has 1 unspecified atom stereocenters. The van der Waals surface area contributed by atoms with Crippen LogP contribution in [0.3, 0.4) is 0 Å². The smallest absolute Gasteiger partial charge is 0.387 e. The zero-order valence-electron chi connectivity index (χ0n) is 10.5. The molecule has 0 aromatic heterocycles. The van der Waals surface area contributed by atoms with Crippen LogP contribution in [0.4, 0.5) is 24.5 Å². The lowest BCUT2D eigenvalue weighted by Gasteiger charge is -2.22. The van der Waals surface area contributed by atoms with Gasteiger partial charge < -0.3 is 25.6 Å². The van der Waals surface area contributed by atoms with Gasteiger partial charge in [0.15, 0.2) is 11.6 Å². The van der Waals surface area contributed by atoms with Gasteiger partial charge in [-0.1, -0.05) is 0 Å². The molecule has 5 nitrogen and oxygen atoms in total. The molecule has 0 spiro atoms. The van der Waals surface area contributed by atoms with Crippen molar-refractivity contribution in [1.29, 1.82) is 0 Å². The first-order valence-corrected chi connectivity index (χ1v) is 5.97. The summed E-state index contributed by atoms with van der Waals surface area (Å²) in [5.74, 6) is -1.58. The van der Waals surface area contributed by atoms with E-state index in [2.05, 4.69) is 10.1 Å². The molecule has 0 saturated carbocycles. The SMILES string of the molecule is Nc1cc(F)c(OC(F)F)cc1NCC1(O)CCOC1. The first kappa shape index (κ1) is 14.7. The molecule has 1 heterocycles. The van der Waals surface area contributed by atoms with Gasteiger partial charge in [-0.2, -0.15) is 8.78 Å². The van der Waals surface area contributed by atoms with Crippen molar-refractivity contribution in [3.05, 3.63) is 17.9 Å². The maximum absolute atomic E-state index is 13.4. The minimum Gasteiger partial charge on any atom is -0.432 e. The average Bonchev–Trinajstić information content (AvgIpc) is 2.78. The first-order chi connectivity index (χ1) is 9.39. The van der Waals surface area contributed by atoms with Gasteiger partial charge in [-0.25, -0.2) is 4.39 Å². The third-order valence-electron chi connectivity index (χ3n) is 3.01. The number of anilines is 2. The van der Waals surface area contributed by atoms with E-state index in [1.54, 1.807) is 0 Å². The number of rotatable bonds is 5. The zero-order chi connectivity index (χ0) is 14.8. The van der Waals surface area contributed by atoms with Gasteiger partial charge >= 0.3 is 6.61 Å². The molecule has 1 aliphatic heterocycles. The molecule has 0 bridgehead atoms. The summed E-state index contributed by atoms with van der Waals surface area (Å²) in [7, 11) is 0. The molecule has 0 radical (unpaired) electrons. The van der Waals surface area contributed by atoms with Gasteiger partial charge in [0.1, 0.15) is 5.60 Å². The summed E-state index contributed by atoms with van der Waals surface area (Å²) in [6, 6.07) is 1.92. The molecule has 1 fully saturated rings. The number of nitrogens with one attached hydrogen (secondary N) is 1. The molecule has 2 rings (SSSR count). The van der Waals surface area contributed by atoms with E-state index in [9.17, 15) is 18.3 Å². The molecule has 1 aliphatic rings. The van der Waals surface area contributed by atoms with Crippen molar-refractivity contribution in [3.63, 3.8) is 0 Å². The van der Waals surface area contributed by atoms with Crippen molar-refractivity contribution in [2.45, 2.75) is 18.6 Å². The van der Waals surface area contributed by atoms with Gasteiger partial charge in [-0.05, 0) is 0 Å². The van der Waals surface area contributed by atoms with E-state index in [0.717, 1.165) is 12.1 Å². The van der Waals surface area contributed by atoms with Crippen molar-refractivity contribution in [1.82, 2.24) is 0 Å². The lowest BCUT2D eigenvalue weighted by atomic mass is 10.0. The second kappa shape index (κ2) is 5.76. The largest absolute Gasteiger partial charge is 0.432 e. The third-order valence-corrected chi connectivity index (χ3v) is 3.01. The van der Waals surface area contributed by atoms with Crippen LogP contribution in [0.25, 0.3) is 0 Å². The Kier molecular flexibility index (Phi) is 4.24. The lowest BCUT2D eigenvalue weighted by molar-refractivity contribution is -0.0521. The van der Waals surface area contributed by atoms with Crippen molar-refractivity contribution in [3.8, 4) is 5.75 Å². The van der Waals surface area contributed by atoms with Gasteiger partial charge in [0.25, 0.3) is 0 Å². The molecule has 1 aromatic rings. The number of halogens is 3. The topological polar surface area (TPSA) is 76.7 Å². The molecule has 8 heteroatoms. The molecule has 0 amide bonds. The second-order valence-electron chi connectivity index (χ2n) is 4.63. The summed E-state index contributed by atoms with van der Waals surface area (Å²) in [4.78, 5) is 0. The Hall–Kier alpha value is -1.67. The Morgan fingerprint density at radius 3 is 2.85 bits per heavy atom. The van der Waals surface area contributed by atoms with Crippen LogP contribution in [0.2, 0.25) is 0 Å². The van der Waals surface area contributed by atoms with Gasteiger partial charge in [-0.15, -0.1) is 0 Å². The zero-order valence-corrected chi connectivity index (χ0v) is 10.5. The Balaban J connectivity index is 2.10. The number of hydrogen-bond acceptors (Lipinski definition) is 5. The van der Waals surface area contributed by atoms with E-state index in [0.29, 0.717) is 13.0 Å². The highest BCUT2D eigenvalue weighted by atomic mass is 19.3. The number of nitrogens with two attached hydrogens (primary N) is 1. The van der Waals surface area contributed by atoms with E-state index in [1.807, 2.05) is 0 Å². The maximum Gasteiger partial charge on any atom is 0.387 e. The second-order valence-corrected chi connectivity index (χ2v) is 4.63. The molecular formula is C12H15F3N2O3. The maximum atomic E-state index is 13.4. The molecule has 1 aromatic carbocycles. The Morgan fingerprint density at radius 1 is 1.50 bits per heavy atom. The van der Waals surface area contributed by atoms with Crippen LogP contribution < -0.4 is 15.8 Å². The minimum atomic E-state index is -3.13. The quantitative estimate of drug-likeness (QED) is 0.718. The highest BCUT2D eigenvalue weighted by Gasteiger charge is 2.32. The summed E-state index contributed by atoms with van der Waals surface area (Å²) in [5.41, 5.74) is 4.78. The fourth-order valence-electron chi connectivity index (χ4n) is 1.90. The number of alkyl halides is 2. The van der Waals surface area contributed by atoms with Gasteiger partial charge in [0.05, 0.1) is 18.0 Å². The van der Waals surface area contributed by atoms with Gasteiger partial charge in [0.2, 0.25) is 0 Å². The fraction of sp³-hybridized carbons (Fsp3) is 0.500. The Labute approximate surface area is 113 Å². The predicted molar refractivity (Wildman–Crippen MR) is 66.3 cm³/mol. The molecule has 0 aliphatic carbocycles. The summed E-state index contributed by atoms with van der Waals surface area (Å²) in [6.45, 7) is -2.41. The highest BCUT2D eigenvalue weighted by Crippen LogP contribution is 2.30. The average molecular weight is 292 g/mol. The molecule has 1 atom stereocenters. The van der Waals surface area contributed by atoms with Crippen LogP contribution in [0.15, 0.2) is 12.1 Å². The van der Waals surface area contributed by atoms with Gasteiger partial charge in [-0.3, -0.25) is 0 Å². The summed E-state index contributed by atoms with van der Waals surface area (Å²) in [6.07, 6.45) is 0.446. The highest BCUT2D eigenvalue weighted by molar-refractivity contribution is 5.68. The summed E-state index contributed by atoms with van der Waals surface area (Å²) in [5, 5.41) is 12.8.